The fourth-order valence-electron chi connectivity index (χ4n) is 3.91. The predicted molar refractivity (Wildman–Crippen MR) is 94.5 cm³/mol. The van der Waals surface area contributed by atoms with Gasteiger partial charge in [-0.25, -0.2) is 9.97 Å². The highest BCUT2D eigenvalue weighted by atomic mass is 32.2. The summed E-state index contributed by atoms with van der Waals surface area (Å²) in [5.74, 6) is 4.04. The van der Waals surface area contributed by atoms with Crippen LogP contribution in [-0.4, -0.2) is 59.6 Å². The zero-order valence-corrected chi connectivity index (χ0v) is 14.5. The predicted octanol–water partition coefficient (Wildman–Crippen LogP) is 2.77. The molecule has 1 atom stereocenters. The van der Waals surface area contributed by atoms with Gasteiger partial charge in [-0.3, -0.25) is 0 Å². The largest absolute Gasteiger partial charge is 0.341 e. The minimum atomic E-state index is 0.908. The van der Waals surface area contributed by atoms with Crippen molar-refractivity contribution in [2.45, 2.75) is 25.7 Å². The van der Waals surface area contributed by atoms with Crippen LogP contribution in [0.5, 0.6) is 0 Å². The van der Waals surface area contributed by atoms with E-state index in [0.29, 0.717) is 0 Å². The highest BCUT2D eigenvalue weighted by molar-refractivity contribution is 7.98. The number of piperidine rings is 1. The maximum absolute atomic E-state index is 4.38. The van der Waals surface area contributed by atoms with Crippen molar-refractivity contribution in [1.82, 2.24) is 14.9 Å². The quantitative estimate of drug-likeness (QED) is 0.753. The molecule has 122 valence electrons. The first-order valence-corrected chi connectivity index (χ1v) is 9.99. The summed E-state index contributed by atoms with van der Waals surface area (Å²) in [7, 11) is 0. The van der Waals surface area contributed by atoms with E-state index in [4.69, 9.17) is 0 Å². The number of aromatic nitrogens is 2. The normalized spacial score (nSPS) is 24.0. The van der Waals surface area contributed by atoms with Crippen LogP contribution in [0.1, 0.15) is 25.7 Å². The van der Waals surface area contributed by atoms with Crippen molar-refractivity contribution in [3.63, 3.8) is 0 Å². The third-order valence-corrected chi connectivity index (χ3v) is 5.87. The lowest BCUT2D eigenvalue weighted by atomic mass is 9.84. The Morgan fingerprint density at radius 3 is 2.55 bits per heavy atom. The summed E-state index contributed by atoms with van der Waals surface area (Å²) in [4.78, 5) is 13.8. The van der Waals surface area contributed by atoms with Gasteiger partial charge >= 0.3 is 0 Å². The molecule has 0 spiro atoms. The van der Waals surface area contributed by atoms with Gasteiger partial charge in [0, 0.05) is 32.0 Å². The molecule has 4 nitrogen and oxygen atoms in total. The first-order valence-electron chi connectivity index (χ1n) is 8.60. The third kappa shape index (κ3) is 4.13. The summed E-state index contributed by atoms with van der Waals surface area (Å²) in [5, 5.41) is 0. The van der Waals surface area contributed by atoms with Crippen molar-refractivity contribution in [2.24, 2.45) is 11.8 Å². The second-order valence-electron chi connectivity index (χ2n) is 6.57. The first kappa shape index (κ1) is 16.1. The Kier molecular flexibility index (Phi) is 5.96. The molecule has 0 radical (unpaired) electrons. The summed E-state index contributed by atoms with van der Waals surface area (Å²) < 4.78 is 0. The van der Waals surface area contributed by atoms with E-state index in [0.717, 1.165) is 30.9 Å². The number of nitrogens with zero attached hydrogens (tertiary/aromatic N) is 4. The van der Waals surface area contributed by atoms with Crippen molar-refractivity contribution in [1.29, 1.82) is 0 Å². The van der Waals surface area contributed by atoms with Gasteiger partial charge in [0.15, 0.2) is 0 Å². The Balaban J connectivity index is 1.42. The SMILES string of the molecule is CSCCCN1CCC(C2CCN(c3ncccn3)CC2)C1. The Labute approximate surface area is 138 Å². The van der Waals surface area contributed by atoms with Gasteiger partial charge in [-0.2, -0.15) is 11.8 Å². The van der Waals surface area contributed by atoms with Crippen molar-refractivity contribution in [2.75, 3.05) is 49.6 Å². The minimum Gasteiger partial charge on any atom is -0.341 e. The average molecular weight is 321 g/mol. The summed E-state index contributed by atoms with van der Waals surface area (Å²) in [6.45, 7) is 6.20. The van der Waals surface area contributed by atoms with Crippen molar-refractivity contribution in [3.8, 4) is 0 Å². The lowest BCUT2D eigenvalue weighted by Crippen LogP contribution is -2.37. The van der Waals surface area contributed by atoms with E-state index in [1.807, 2.05) is 30.2 Å². The molecule has 1 unspecified atom stereocenters. The molecule has 2 saturated heterocycles. The molecule has 0 amide bonds. The molecular formula is C17H28N4S. The van der Waals surface area contributed by atoms with Crippen molar-refractivity contribution < 1.29 is 0 Å². The number of rotatable bonds is 6. The highest BCUT2D eigenvalue weighted by Crippen LogP contribution is 2.32. The van der Waals surface area contributed by atoms with E-state index < -0.39 is 0 Å². The van der Waals surface area contributed by atoms with Crippen LogP contribution in [0.4, 0.5) is 5.95 Å². The monoisotopic (exact) mass is 320 g/mol. The molecule has 1 aromatic heterocycles. The van der Waals surface area contributed by atoms with Gasteiger partial charge in [-0.1, -0.05) is 0 Å². The van der Waals surface area contributed by atoms with E-state index in [9.17, 15) is 0 Å². The van der Waals surface area contributed by atoms with Crippen LogP contribution in [0.3, 0.4) is 0 Å². The van der Waals surface area contributed by atoms with E-state index >= 15 is 0 Å². The second-order valence-corrected chi connectivity index (χ2v) is 7.55. The molecule has 0 aromatic carbocycles. The molecule has 0 N–H and O–H groups in total. The number of thioether (sulfide) groups is 1. The highest BCUT2D eigenvalue weighted by Gasteiger charge is 2.32. The zero-order chi connectivity index (χ0) is 15.2. The van der Waals surface area contributed by atoms with Gasteiger partial charge < -0.3 is 9.80 Å². The number of hydrogen-bond acceptors (Lipinski definition) is 5. The Bertz CT molecular complexity index is 434. The maximum Gasteiger partial charge on any atom is 0.225 e. The van der Waals surface area contributed by atoms with Crippen LogP contribution in [0.25, 0.3) is 0 Å². The topological polar surface area (TPSA) is 32.3 Å². The minimum absolute atomic E-state index is 0.908. The van der Waals surface area contributed by atoms with Crippen LogP contribution in [0, 0.1) is 11.8 Å². The molecule has 3 rings (SSSR count). The molecule has 3 heterocycles. The van der Waals surface area contributed by atoms with E-state index in [2.05, 4.69) is 26.0 Å². The van der Waals surface area contributed by atoms with Crippen LogP contribution in [-0.2, 0) is 0 Å². The number of anilines is 1. The second kappa shape index (κ2) is 8.16. The van der Waals surface area contributed by atoms with Crippen LogP contribution < -0.4 is 4.90 Å². The van der Waals surface area contributed by atoms with E-state index in [1.54, 1.807) is 0 Å². The zero-order valence-electron chi connectivity index (χ0n) is 13.7. The Morgan fingerprint density at radius 2 is 1.82 bits per heavy atom. The molecule has 22 heavy (non-hydrogen) atoms. The van der Waals surface area contributed by atoms with Gasteiger partial charge in [0.25, 0.3) is 0 Å². The average Bonchev–Trinajstić information content (AvgIpc) is 3.05. The maximum atomic E-state index is 4.38. The molecule has 5 heteroatoms. The molecule has 0 bridgehead atoms. The van der Waals surface area contributed by atoms with Gasteiger partial charge in [-0.05, 0) is 68.7 Å². The van der Waals surface area contributed by atoms with E-state index in [1.165, 1.54) is 51.1 Å². The molecule has 0 aliphatic carbocycles. The summed E-state index contributed by atoms with van der Waals surface area (Å²) >= 11 is 1.97. The molecule has 2 aliphatic heterocycles. The van der Waals surface area contributed by atoms with Crippen LogP contribution >= 0.6 is 11.8 Å². The lowest BCUT2D eigenvalue weighted by Gasteiger charge is -2.34. The molecule has 2 aliphatic rings. The lowest BCUT2D eigenvalue weighted by molar-refractivity contribution is 0.256. The van der Waals surface area contributed by atoms with Gasteiger partial charge in [0.1, 0.15) is 0 Å². The Morgan fingerprint density at radius 1 is 1.09 bits per heavy atom. The van der Waals surface area contributed by atoms with Gasteiger partial charge in [0.05, 0.1) is 0 Å². The van der Waals surface area contributed by atoms with E-state index in [-0.39, 0.29) is 0 Å². The standard InChI is InChI=1S/C17H28N4S/c1-22-13-3-9-20-10-4-16(14-20)15-5-11-21(12-6-15)17-18-7-2-8-19-17/h2,7-8,15-16H,3-6,9-14H2,1H3. The van der Waals surface area contributed by atoms with Crippen LogP contribution in [0.2, 0.25) is 0 Å². The number of hydrogen-bond donors (Lipinski definition) is 0. The fourth-order valence-corrected chi connectivity index (χ4v) is 4.33. The molecule has 0 saturated carbocycles. The smallest absolute Gasteiger partial charge is 0.225 e. The molecular weight excluding hydrogens is 292 g/mol. The summed E-state index contributed by atoms with van der Waals surface area (Å²) in [5.41, 5.74) is 0. The van der Waals surface area contributed by atoms with Gasteiger partial charge in [0.2, 0.25) is 5.95 Å². The Hall–Kier alpha value is -0.810. The summed E-state index contributed by atoms with van der Waals surface area (Å²) in [6, 6.07) is 1.89. The number of likely N-dealkylation sites (tertiary alicyclic amines) is 1. The third-order valence-electron chi connectivity index (χ3n) is 5.17. The molecule has 2 fully saturated rings. The van der Waals surface area contributed by atoms with Gasteiger partial charge in [-0.15, -0.1) is 0 Å². The fraction of sp³-hybridized carbons (Fsp3) is 0.765. The van der Waals surface area contributed by atoms with Crippen molar-refractivity contribution >= 4 is 17.7 Å². The summed E-state index contributed by atoms with van der Waals surface area (Å²) in [6.07, 6.45) is 11.3. The van der Waals surface area contributed by atoms with Crippen molar-refractivity contribution in [3.05, 3.63) is 18.5 Å². The van der Waals surface area contributed by atoms with Crippen LogP contribution in [0.15, 0.2) is 18.5 Å². The molecule has 1 aromatic rings. The first-order chi connectivity index (χ1) is 10.9.